The van der Waals surface area contributed by atoms with Crippen LogP contribution in [0.4, 0.5) is 15.8 Å². The normalized spacial score (nSPS) is 12.9. The zero-order valence-electron chi connectivity index (χ0n) is 17.0. The average molecular weight is 461 g/mol. The number of carbonyl (C=O) groups excluding carboxylic acids is 1. The van der Waals surface area contributed by atoms with Gasteiger partial charge in [0, 0.05) is 24.0 Å². The standard InChI is InChI=1S/C23H22ClFN2O3S/c1-31(29,30)27(17-10-11-20(25)19(24)14-17)13-3-6-22(28)26-21-12-9-16-8-7-15-4-2-5-18(21)23(15)16/h2,4-5,9-12,14H,3,6-8,13H2,1H3,(H,26,28). The molecule has 5 nitrogen and oxygen atoms in total. The van der Waals surface area contributed by atoms with Crippen molar-refractivity contribution in [1.29, 1.82) is 0 Å². The van der Waals surface area contributed by atoms with E-state index < -0.39 is 15.8 Å². The number of carbonyl (C=O) groups is 1. The Morgan fingerprint density at radius 1 is 1.13 bits per heavy atom. The molecule has 0 radical (unpaired) electrons. The van der Waals surface area contributed by atoms with Crippen LogP contribution in [0.25, 0.3) is 10.8 Å². The molecule has 4 rings (SSSR count). The molecule has 0 saturated carbocycles. The number of aryl methyl sites for hydroxylation is 2. The van der Waals surface area contributed by atoms with E-state index in [2.05, 4.69) is 17.4 Å². The molecule has 3 aromatic carbocycles. The van der Waals surface area contributed by atoms with Crippen molar-refractivity contribution in [1.82, 2.24) is 0 Å². The fourth-order valence-electron chi connectivity index (χ4n) is 4.08. The number of nitrogens with zero attached hydrogens (tertiary/aromatic N) is 1. The first-order valence-corrected chi connectivity index (χ1v) is 12.2. The molecule has 1 amide bonds. The Bertz CT molecular complexity index is 1270. The fraction of sp³-hybridized carbons (Fsp3) is 0.261. The summed E-state index contributed by atoms with van der Waals surface area (Å²) < 4.78 is 39.0. The van der Waals surface area contributed by atoms with Crippen LogP contribution in [-0.2, 0) is 27.7 Å². The van der Waals surface area contributed by atoms with Crippen LogP contribution < -0.4 is 9.62 Å². The van der Waals surface area contributed by atoms with Crippen molar-refractivity contribution in [3.8, 4) is 0 Å². The maximum atomic E-state index is 13.4. The Hall–Kier alpha value is -2.64. The number of amides is 1. The predicted molar refractivity (Wildman–Crippen MR) is 123 cm³/mol. The summed E-state index contributed by atoms with van der Waals surface area (Å²) in [6.07, 6.45) is 3.54. The van der Waals surface area contributed by atoms with E-state index in [0.717, 1.165) is 40.5 Å². The Morgan fingerprint density at radius 3 is 2.58 bits per heavy atom. The van der Waals surface area contributed by atoms with Crippen LogP contribution in [0.15, 0.2) is 48.5 Å². The maximum absolute atomic E-state index is 13.4. The van der Waals surface area contributed by atoms with Crippen LogP contribution >= 0.6 is 11.6 Å². The van der Waals surface area contributed by atoms with Gasteiger partial charge in [-0.15, -0.1) is 0 Å². The summed E-state index contributed by atoms with van der Waals surface area (Å²) in [4.78, 5) is 12.6. The highest BCUT2D eigenvalue weighted by Crippen LogP contribution is 2.35. The molecule has 0 heterocycles. The van der Waals surface area contributed by atoms with Gasteiger partial charge in [0.2, 0.25) is 15.9 Å². The number of sulfonamides is 1. The first-order valence-electron chi connectivity index (χ1n) is 10.00. The van der Waals surface area contributed by atoms with Gasteiger partial charge in [-0.1, -0.05) is 35.9 Å². The summed E-state index contributed by atoms with van der Waals surface area (Å²) in [6.45, 7) is 0.0814. The number of hydrogen-bond acceptors (Lipinski definition) is 3. The molecule has 3 aromatic rings. The van der Waals surface area contributed by atoms with Crippen molar-refractivity contribution >= 4 is 49.7 Å². The van der Waals surface area contributed by atoms with E-state index >= 15 is 0 Å². The zero-order valence-corrected chi connectivity index (χ0v) is 18.6. The van der Waals surface area contributed by atoms with E-state index in [1.54, 1.807) is 0 Å². The highest BCUT2D eigenvalue weighted by Gasteiger charge is 2.20. The van der Waals surface area contributed by atoms with Crippen molar-refractivity contribution in [2.45, 2.75) is 25.7 Å². The molecule has 1 aliphatic rings. The van der Waals surface area contributed by atoms with Gasteiger partial charge >= 0.3 is 0 Å². The van der Waals surface area contributed by atoms with Gasteiger partial charge in [0.15, 0.2) is 0 Å². The minimum Gasteiger partial charge on any atom is -0.326 e. The lowest BCUT2D eigenvalue weighted by Gasteiger charge is -2.22. The molecular formula is C23H22ClFN2O3S. The number of nitrogens with one attached hydrogen (secondary N) is 1. The first kappa shape index (κ1) is 21.6. The minimum atomic E-state index is -3.62. The van der Waals surface area contributed by atoms with E-state index in [9.17, 15) is 17.6 Å². The van der Waals surface area contributed by atoms with Crippen LogP contribution in [0.2, 0.25) is 5.02 Å². The van der Waals surface area contributed by atoms with Crippen LogP contribution in [0.3, 0.4) is 0 Å². The second-order valence-corrected chi connectivity index (χ2v) is 10.0. The molecule has 1 aliphatic carbocycles. The second kappa shape index (κ2) is 8.48. The lowest BCUT2D eigenvalue weighted by Crippen LogP contribution is -2.31. The highest BCUT2D eigenvalue weighted by molar-refractivity contribution is 7.92. The van der Waals surface area contributed by atoms with Crippen LogP contribution in [-0.4, -0.2) is 27.1 Å². The molecule has 0 aromatic heterocycles. The molecule has 0 spiro atoms. The van der Waals surface area contributed by atoms with E-state index in [1.807, 2.05) is 18.2 Å². The largest absolute Gasteiger partial charge is 0.326 e. The number of rotatable bonds is 7. The van der Waals surface area contributed by atoms with Crippen LogP contribution in [0.1, 0.15) is 24.0 Å². The molecule has 0 unspecified atom stereocenters. The lowest BCUT2D eigenvalue weighted by molar-refractivity contribution is -0.116. The number of anilines is 2. The third kappa shape index (κ3) is 4.52. The topological polar surface area (TPSA) is 66.5 Å². The molecule has 31 heavy (non-hydrogen) atoms. The van der Waals surface area contributed by atoms with Crippen LogP contribution in [0, 0.1) is 5.82 Å². The highest BCUT2D eigenvalue weighted by atomic mass is 35.5. The molecule has 0 atom stereocenters. The molecule has 162 valence electrons. The van der Waals surface area contributed by atoms with Gasteiger partial charge in [-0.25, -0.2) is 12.8 Å². The SMILES string of the molecule is CS(=O)(=O)N(CCCC(=O)Nc1ccc2c3c(cccc13)CC2)c1ccc(F)c(Cl)c1. The lowest BCUT2D eigenvalue weighted by atomic mass is 10.0. The van der Waals surface area contributed by atoms with Crippen molar-refractivity contribution < 1.29 is 17.6 Å². The molecule has 0 aliphatic heterocycles. The predicted octanol–water partition coefficient (Wildman–Crippen LogP) is 4.92. The summed E-state index contributed by atoms with van der Waals surface area (Å²) >= 11 is 5.80. The third-order valence-corrected chi connectivity index (χ3v) is 6.99. The van der Waals surface area contributed by atoms with Crippen molar-refractivity contribution in [2.75, 3.05) is 22.4 Å². The number of halogens is 2. The fourth-order valence-corrected chi connectivity index (χ4v) is 5.21. The second-order valence-electron chi connectivity index (χ2n) is 7.70. The van der Waals surface area contributed by atoms with Crippen molar-refractivity contribution in [3.05, 3.63) is 70.5 Å². The Morgan fingerprint density at radius 2 is 1.87 bits per heavy atom. The number of hydrogen-bond donors (Lipinski definition) is 1. The van der Waals surface area contributed by atoms with Gasteiger partial charge in [0.25, 0.3) is 0 Å². The van der Waals surface area contributed by atoms with Gasteiger partial charge in [-0.2, -0.15) is 0 Å². The quantitative estimate of drug-likeness (QED) is 0.544. The maximum Gasteiger partial charge on any atom is 0.232 e. The van der Waals surface area contributed by atoms with Gasteiger partial charge in [0.1, 0.15) is 5.82 Å². The smallest absolute Gasteiger partial charge is 0.232 e. The van der Waals surface area contributed by atoms with Crippen molar-refractivity contribution in [2.24, 2.45) is 0 Å². The average Bonchev–Trinajstić information content (AvgIpc) is 3.13. The van der Waals surface area contributed by atoms with Gasteiger partial charge in [0.05, 0.1) is 17.0 Å². The molecule has 0 fully saturated rings. The van der Waals surface area contributed by atoms with E-state index in [1.165, 1.54) is 28.6 Å². The third-order valence-electron chi connectivity index (χ3n) is 5.51. The number of benzene rings is 3. The first-order chi connectivity index (χ1) is 14.7. The monoisotopic (exact) mass is 460 g/mol. The van der Waals surface area contributed by atoms with E-state index in [-0.39, 0.29) is 29.6 Å². The summed E-state index contributed by atoms with van der Waals surface area (Å²) in [5.41, 5.74) is 3.62. The summed E-state index contributed by atoms with van der Waals surface area (Å²) in [6, 6.07) is 13.9. The van der Waals surface area contributed by atoms with Crippen molar-refractivity contribution in [3.63, 3.8) is 0 Å². The molecule has 1 N–H and O–H groups in total. The van der Waals surface area contributed by atoms with E-state index in [0.29, 0.717) is 6.42 Å². The molecule has 8 heteroatoms. The van der Waals surface area contributed by atoms with Gasteiger partial charge in [-0.3, -0.25) is 9.10 Å². The Balaban J connectivity index is 1.44. The molecule has 0 bridgehead atoms. The van der Waals surface area contributed by atoms with Crippen LogP contribution in [0.5, 0.6) is 0 Å². The minimum absolute atomic E-state index is 0.0814. The summed E-state index contributed by atoms with van der Waals surface area (Å²) in [5.74, 6) is -0.812. The van der Waals surface area contributed by atoms with E-state index in [4.69, 9.17) is 11.6 Å². The van der Waals surface area contributed by atoms with Gasteiger partial charge in [-0.05, 0) is 60.0 Å². The summed E-state index contributed by atoms with van der Waals surface area (Å²) in [7, 11) is -3.62. The zero-order chi connectivity index (χ0) is 22.2. The molecule has 0 saturated heterocycles. The Kier molecular flexibility index (Phi) is 5.90. The summed E-state index contributed by atoms with van der Waals surface area (Å²) in [5, 5.41) is 5.05. The van der Waals surface area contributed by atoms with Gasteiger partial charge < -0.3 is 5.32 Å². The molecular weight excluding hydrogens is 439 g/mol. The Labute approximate surface area is 185 Å².